The fraction of sp³-hybridized carbons (Fsp3) is 0.316. The number of anilines is 1. The van der Waals surface area contributed by atoms with E-state index in [9.17, 15) is 4.79 Å². The molecule has 4 aromatic heterocycles. The highest BCUT2D eigenvalue weighted by atomic mass is 32.1. The van der Waals surface area contributed by atoms with Gasteiger partial charge in [-0.3, -0.25) is 4.79 Å². The predicted octanol–water partition coefficient (Wildman–Crippen LogP) is 3.65. The smallest absolute Gasteiger partial charge is 0.252 e. The first-order valence-electron chi connectivity index (χ1n) is 8.91. The van der Waals surface area contributed by atoms with Crippen molar-refractivity contribution < 1.29 is 9.21 Å². The number of aromatic nitrogens is 5. The SMILES string of the molecule is Cc1cc(-c2csc(NC(=O)CCc3c(C)nc4ncnn4c3C)n2)c(C)o1. The summed E-state index contributed by atoms with van der Waals surface area (Å²) in [5, 5.41) is 9.56. The van der Waals surface area contributed by atoms with Crippen LogP contribution < -0.4 is 5.32 Å². The summed E-state index contributed by atoms with van der Waals surface area (Å²) in [4.78, 5) is 25.5. The van der Waals surface area contributed by atoms with Gasteiger partial charge in [0.2, 0.25) is 5.91 Å². The van der Waals surface area contributed by atoms with Gasteiger partial charge in [-0.05, 0) is 45.7 Å². The monoisotopic (exact) mass is 396 g/mol. The molecule has 0 aromatic carbocycles. The summed E-state index contributed by atoms with van der Waals surface area (Å²) in [5.41, 5.74) is 4.59. The lowest BCUT2D eigenvalue weighted by atomic mass is 10.1. The number of hydrogen-bond donors (Lipinski definition) is 1. The normalized spacial score (nSPS) is 11.3. The summed E-state index contributed by atoms with van der Waals surface area (Å²) in [7, 11) is 0. The topological polar surface area (TPSA) is 98.2 Å². The Bertz CT molecular complexity index is 1170. The molecule has 0 radical (unpaired) electrons. The van der Waals surface area contributed by atoms with Crippen molar-refractivity contribution in [2.24, 2.45) is 0 Å². The first-order chi connectivity index (χ1) is 13.4. The maximum atomic E-state index is 12.4. The zero-order chi connectivity index (χ0) is 19.8. The van der Waals surface area contributed by atoms with Gasteiger partial charge < -0.3 is 9.73 Å². The van der Waals surface area contributed by atoms with Crippen LogP contribution in [0.25, 0.3) is 17.0 Å². The maximum Gasteiger partial charge on any atom is 0.252 e. The van der Waals surface area contributed by atoms with Gasteiger partial charge in [0.25, 0.3) is 5.78 Å². The van der Waals surface area contributed by atoms with Crippen LogP contribution in [0.3, 0.4) is 0 Å². The highest BCUT2D eigenvalue weighted by Crippen LogP contribution is 2.29. The molecule has 4 rings (SSSR count). The van der Waals surface area contributed by atoms with Crippen molar-refractivity contribution in [3.63, 3.8) is 0 Å². The second kappa shape index (κ2) is 7.16. The summed E-state index contributed by atoms with van der Waals surface area (Å²) >= 11 is 1.40. The van der Waals surface area contributed by atoms with Crippen LogP contribution in [0.4, 0.5) is 5.13 Å². The van der Waals surface area contributed by atoms with Gasteiger partial charge in [-0.15, -0.1) is 11.3 Å². The number of furan rings is 1. The molecular weight excluding hydrogens is 376 g/mol. The van der Waals surface area contributed by atoms with E-state index in [-0.39, 0.29) is 5.91 Å². The van der Waals surface area contributed by atoms with Crippen molar-refractivity contribution in [3.05, 3.63) is 46.2 Å². The first-order valence-corrected chi connectivity index (χ1v) is 9.79. The van der Waals surface area contributed by atoms with Crippen LogP contribution >= 0.6 is 11.3 Å². The van der Waals surface area contributed by atoms with Crippen molar-refractivity contribution in [1.82, 2.24) is 24.6 Å². The van der Waals surface area contributed by atoms with E-state index in [4.69, 9.17) is 4.42 Å². The molecular formula is C19H20N6O2S. The van der Waals surface area contributed by atoms with Crippen molar-refractivity contribution in [2.75, 3.05) is 5.32 Å². The number of fused-ring (bicyclic) bond motifs is 1. The summed E-state index contributed by atoms with van der Waals surface area (Å²) < 4.78 is 7.25. The molecule has 0 spiro atoms. The molecule has 0 aliphatic heterocycles. The third-order valence-electron chi connectivity index (χ3n) is 4.66. The lowest BCUT2D eigenvalue weighted by Crippen LogP contribution is -2.14. The van der Waals surface area contributed by atoms with Crippen LogP contribution in [-0.4, -0.2) is 30.5 Å². The summed E-state index contributed by atoms with van der Waals surface area (Å²) in [6.07, 6.45) is 2.39. The quantitative estimate of drug-likeness (QED) is 0.553. The number of aryl methyl sites for hydroxylation is 4. The molecule has 4 heterocycles. The highest BCUT2D eigenvalue weighted by molar-refractivity contribution is 7.14. The zero-order valence-electron chi connectivity index (χ0n) is 16.1. The van der Waals surface area contributed by atoms with Gasteiger partial charge in [0.05, 0.1) is 5.69 Å². The number of thiazole rings is 1. The Labute approximate surface area is 165 Å². The fourth-order valence-corrected chi connectivity index (χ4v) is 4.00. The fourth-order valence-electron chi connectivity index (χ4n) is 3.28. The van der Waals surface area contributed by atoms with E-state index in [0.717, 1.165) is 39.7 Å². The van der Waals surface area contributed by atoms with Crippen LogP contribution in [0, 0.1) is 27.7 Å². The lowest BCUT2D eigenvalue weighted by Gasteiger charge is -2.10. The van der Waals surface area contributed by atoms with Crippen LogP contribution in [0.2, 0.25) is 0 Å². The van der Waals surface area contributed by atoms with Gasteiger partial charge in [0.15, 0.2) is 5.13 Å². The van der Waals surface area contributed by atoms with Crippen LogP contribution in [0.1, 0.15) is 34.9 Å². The van der Waals surface area contributed by atoms with Gasteiger partial charge in [-0.25, -0.2) is 14.5 Å². The van der Waals surface area contributed by atoms with Crippen molar-refractivity contribution in [3.8, 4) is 11.3 Å². The van der Waals surface area contributed by atoms with Crippen molar-refractivity contribution in [1.29, 1.82) is 0 Å². The number of nitrogens with zero attached hydrogens (tertiary/aromatic N) is 5. The number of amides is 1. The second-order valence-electron chi connectivity index (χ2n) is 6.65. The minimum absolute atomic E-state index is 0.0847. The number of carbonyl (C=O) groups is 1. The minimum Gasteiger partial charge on any atom is -0.466 e. The van der Waals surface area contributed by atoms with Gasteiger partial charge in [-0.2, -0.15) is 10.1 Å². The molecule has 1 amide bonds. The van der Waals surface area contributed by atoms with Crippen LogP contribution in [0.5, 0.6) is 0 Å². The number of hydrogen-bond acceptors (Lipinski definition) is 7. The van der Waals surface area contributed by atoms with Crippen molar-refractivity contribution >= 4 is 28.2 Å². The molecule has 0 atom stereocenters. The standard InChI is InChI=1S/C19H20N6O2S/c1-10-7-15(13(4)27-10)16-8-28-19(23-16)24-17(26)6-5-14-11(2)22-18-20-9-21-25(18)12(14)3/h7-9H,5-6H2,1-4H3,(H,23,24,26). The largest absolute Gasteiger partial charge is 0.466 e. The van der Waals surface area contributed by atoms with Crippen LogP contribution in [-0.2, 0) is 11.2 Å². The summed E-state index contributed by atoms with van der Waals surface area (Å²) in [5.74, 6) is 2.15. The summed E-state index contributed by atoms with van der Waals surface area (Å²) in [6, 6.07) is 1.95. The number of rotatable bonds is 5. The molecule has 8 nitrogen and oxygen atoms in total. The van der Waals surface area contributed by atoms with E-state index < -0.39 is 0 Å². The molecule has 28 heavy (non-hydrogen) atoms. The minimum atomic E-state index is -0.0847. The first kappa shape index (κ1) is 18.3. The van der Waals surface area contributed by atoms with E-state index in [1.165, 1.54) is 17.7 Å². The number of carbonyl (C=O) groups excluding carboxylic acids is 1. The Hall–Kier alpha value is -3.07. The molecule has 0 aliphatic carbocycles. The van der Waals surface area contributed by atoms with Crippen LogP contribution in [0.15, 0.2) is 22.2 Å². The highest BCUT2D eigenvalue weighted by Gasteiger charge is 2.15. The second-order valence-corrected chi connectivity index (χ2v) is 7.50. The van der Waals surface area contributed by atoms with E-state index in [1.54, 1.807) is 4.52 Å². The van der Waals surface area contributed by atoms with Gasteiger partial charge in [0, 0.05) is 28.8 Å². The molecule has 0 unspecified atom stereocenters. The molecule has 0 saturated carbocycles. The molecule has 1 N–H and O–H groups in total. The lowest BCUT2D eigenvalue weighted by molar-refractivity contribution is -0.116. The Morgan fingerprint density at radius 1 is 1.25 bits per heavy atom. The average Bonchev–Trinajstić information content (AvgIpc) is 3.35. The summed E-state index contributed by atoms with van der Waals surface area (Å²) in [6.45, 7) is 7.70. The van der Waals surface area contributed by atoms with Gasteiger partial charge in [-0.1, -0.05) is 0 Å². The van der Waals surface area contributed by atoms with E-state index in [0.29, 0.717) is 23.8 Å². The van der Waals surface area contributed by atoms with E-state index in [1.807, 2.05) is 39.1 Å². The van der Waals surface area contributed by atoms with E-state index >= 15 is 0 Å². The Kier molecular flexibility index (Phi) is 4.68. The molecule has 9 heteroatoms. The van der Waals surface area contributed by atoms with Gasteiger partial charge in [0.1, 0.15) is 17.8 Å². The molecule has 4 aromatic rings. The maximum absolute atomic E-state index is 12.4. The third kappa shape index (κ3) is 3.40. The average molecular weight is 396 g/mol. The molecule has 0 saturated heterocycles. The Morgan fingerprint density at radius 2 is 2.07 bits per heavy atom. The van der Waals surface area contributed by atoms with Gasteiger partial charge >= 0.3 is 0 Å². The molecule has 0 fully saturated rings. The Balaban J connectivity index is 1.44. The molecule has 144 valence electrons. The number of nitrogens with one attached hydrogen (secondary N) is 1. The van der Waals surface area contributed by atoms with E-state index in [2.05, 4.69) is 25.4 Å². The molecule has 0 bridgehead atoms. The third-order valence-corrected chi connectivity index (χ3v) is 5.42. The molecule has 0 aliphatic rings. The van der Waals surface area contributed by atoms with Crippen molar-refractivity contribution in [2.45, 2.75) is 40.5 Å². The predicted molar refractivity (Wildman–Crippen MR) is 106 cm³/mol. The Morgan fingerprint density at radius 3 is 2.82 bits per heavy atom. The zero-order valence-corrected chi connectivity index (χ0v) is 16.9.